The van der Waals surface area contributed by atoms with Crippen molar-refractivity contribution in [3.8, 4) is 0 Å². The highest BCUT2D eigenvalue weighted by Crippen LogP contribution is 2.32. The van der Waals surface area contributed by atoms with Crippen molar-refractivity contribution >= 4 is 17.1 Å². The molecule has 5 heterocycles. The molecule has 2 aromatic heterocycles. The highest BCUT2D eigenvalue weighted by Gasteiger charge is 2.34. The SMILES string of the molecule is O=C(c1cnc2c(c1)ncn2C1CCCC1)N1C[C@@H]2CC[C@H]1CNC2. The van der Waals surface area contributed by atoms with Crippen molar-refractivity contribution < 1.29 is 4.79 Å². The molecule has 1 saturated carbocycles. The van der Waals surface area contributed by atoms with Gasteiger partial charge in [0.15, 0.2) is 5.65 Å². The molecule has 4 fully saturated rings. The van der Waals surface area contributed by atoms with Gasteiger partial charge in [0.05, 0.1) is 11.9 Å². The molecule has 3 saturated heterocycles. The molecule has 0 radical (unpaired) electrons. The van der Waals surface area contributed by atoms with Crippen LogP contribution in [0.15, 0.2) is 18.6 Å². The van der Waals surface area contributed by atoms with Gasteiger partial charge in [-0.2, -0.15) is 0 Å². The van der Waals surface area contributed by atoms with Gasteiger partial charge in [-0.25, -0.2) is 9.97 Å². The van der Waals surface area contributed by atoms with E-state index < -0.39 is 0 Å². The Morgan fingerprint density at radius 3 is 2.84 bits per heavy atom. The molecule has 4 aliphatic rings. The molecule has 0 spiro atoms. The van der Waals surface area contributed by atoms with Crippen molar-refractivity contribution in [1.29, 1.82) is 0 Å². The second kappa shape index (κ2) is 6.09. The van der Waals surface area contributed by atoms with Crippen LogP contribution in [-0.2, 0) is 0 Å². The summed E-state index contributed by atoms with van der Waals surface area (Å²) in [6.45, 7) is 2.81. The monoisotopic (exact) mass is 339 g/mol. The van der Waals surface area contributed by atoms with Crippen LogP contribution in [0.5, 0.6) is 0 Å². The van der Waals surface area contributed by atoms with E-state index in [1.165, 1.54) is 32.1 Å². The van der Waals surface area contributed by atoms with Gasteiger partial charge >= 0.3 is 0 Å². The quantitative estimate of drug-likeness (QED) is 0.912. The predicted octanol–water partition coefficient (Wildman–Crippen LogP) is 2.37. The minimum atomic E-state index is 0.114. The van der Waals surface area contributed by atoms with Gasteiger partial charge in [-0.1, -0.05) is 12.8 Å². The first-order chi connectivity index (χ1) is 12.3. The van der Waals surface area contributed by atoms with E-state index in [0.717, 1.165) is 37.2 Å². The molecule has 25 heavy (non-hydrogen) atoms. The van der Waals surface area contributed by atoms with Crippen LogP contribution in [0.25, 0.3) is 11.2 Å². The Morgan fingerprint density at radius 2 is 1.96 bits per heavy atom. The molecular formula is C19H25N5O. The summed E-state index contributed by atoms with van der Waals surface area (Å²) < 4.78 is 2.20. The fourth-order valence-electron chi connectivity index (χ4n) is 4.84. The number of hydrogen-bond acceptors (Lipinski definition) is 4. The maximum atomic E-state index is 13.1. The third kappa shape index (κ3) is 2.63. The summed E-state index contributed by atoms with van der Waals surface area (Å²) >= 11 is 0. The number of nitrogens with zero attached hydrogens (tertiary/aromatic N) is 4. The highest BCUT2D eigenvalue weighted by atomic mass is 16.2. The van der Waals surface area contributed by atoms with Crippen molar-refractivity contribution in [3.05, 3.63) is 24.2 Å². The standard InChI is InChI=1S/C19H25N5O/c25-19(23-11-13-5-6-16(23)10-20-8-13)14-7-17-18(21-9-14)24(12-22-17)15-3-1-2-4-15/h7,9,12-13,15-16,20H,1-6,8,10-11H2/t13-,16+/m1/s1. The molecule has 6 rings (SSSR count). The first-order valence-electron chi connectivity index (χ1n) is 9.64. The predicted molar refractivity (Wildman–Crippen MR) is 95.5 cm³/mol. The van der Waals surface area contributed by atoms with E-state index in [4.69, 9.17) is 0 Å². The smallest absolute Gasteiger partial charge is 0.255 e. The van der Waals surface area contributed by atoms with Crippen LogP contribution < -0.4 is 5.32 Å². The molecule has 0 aromatic carbocycles. The summed E-state index contributed by atoms with van der Waals surface area (Å²) in [5.74, 6) is 0.698. The van der Waals surface area contributed by atoms with Gasteiger partial charge < -0.3 is 14.8 Å². The number of carbonyl (C=O) groups is 1. The lowest BCUT2D eigenvalue weighted by Crippen LogP contribution is -2.47. The summed E-state index contributed by atoms with van der Waals surface area (Å²) in [4.78, 5) is 24.3. The first-order valence-corrected chi connectivity index (χ1v) is 9.64. The van der Waals surface area contributed by atoms with E-state index >= 15 is 0 Å². The molecule has 2 atom stereocenters. The third-order valence-electron chi connectivity index (χ3n) is 6.26. The van der Waals surface area contributed by atoms with Gasteiger partial charge in [0, 0.05) is 31.4 Å². The number of nitrogens with one attached hydrogen (secondary N) is 1. The van der Waals surface area contributed by atoms with Gasteiger partial charge in [-0.3, -0.25) is 4.79 Å². The zero-order chi connectivity index (χ0) is 16.8. The van der Waals surface area contributed by atoms with E-state index in [-0.39, 0.29) is 5.91 Å². The van der Waals surface area contributed by atoms with Crippen LogP contribution in [0.1, 0.15) is 54.9 Å². The van der Waals surface area contributed by atoms with Crippen molar-refractivity contribution in [1.82, 2.24) is 24.8 Å². The van der Waals surface area contributed by atoms with Gasteiger partial charge in [-0.15, -0.1) is 0 Å². The Balaban J connectivity index is 1.44. The third-order valence-corrected chi connectivity index (χ3v) is 6.26. The van der Waals surface area contributed by atoms with Crippen LogP contribution in [0, 0.1) is 5.92 Å². The summed E-state index contributed by atoms with van der Waals surface area (Å²) in [6.07, 6.45) is 11.0. The average molecular weight is 339 g/mol. The van der Waals surface area contributed by atoms with Crippen molar-refractivity contribution in [2.75, 3.05) is 19.6 Å². The minimum Gasteiger partial charge on any atom is -0.334 e. The number of imidazole rings is 1. The Morgan fingerprint density at radius 1 is 1.08 bits per heavy atom. The van der Waals surface area contributed by atoms with E-state index in [2.05, 4.69) is 24.8 Å². The number of fused-ring (bicyclic) bond motifs is 5. The molecule has 1 N–H and O–H groups in total. The molecule has 132 valence electrons. The molecule has 6 nitrogen and oxygen atoms in total. The van der Waals surface area contributed by atoms with Crippen molar-refractivity contribution in [2.45, 2.75) is 50.6 Å². The lowest BCUT2D eigenvalue weighted by atomic mass is 9.94. The maximum Gasteiger partial charge on any atom is 0.255 e. The van der Waals surface area contributed by atoms with Gasteiger partial charge in [0.2, 0.25) is 0 Å². The lowest BCUT2D eigenvalue weighted by molar-refractivity contribution is 0.0591. The van der Waals surface area contributed by atoms with Crippen LogP contribution in [0.3, 0.4) is 0 Å². The second-order valence-corrected chi connectivity index (χ2v) is 7.87. The minimum absolute atomic E-state index is 0.114. The molecular weight excluding hydrogens is 314 g/mol. The first kappa shape index (κ1) is 15.3. The van der Waals surface area contributed by atoms with E-state index in [1.54, 1.807) is 6.20 Å². The summed E-state index contributed by atoms with van der Waals surface area (Å²) in [6, 6.07) is 2.77. The number of carbonyl (C=O) groups excluding carboxylic acids is 1. The normalized spacial score (nSPS) is 27.1. The second-order valence-electron chi connectivity index (χ2n) is 7.87. The van der Waals surface area contributed by atoms with Crippen LogP contribution in [-0.4, -0.2) is 51.0 Å². The summed E-state index contributed by atoms with van der Waals surface area (Å²) in [5.41, 5.74) is 2.44. The number of amides is 1. The molecule has 0 unspecified atom stereocenters. The van der Waals surface area contributed by atoms with E-state index in [0.29, 0.717) is 23.6 Å². The largest absolute Gasteiger partial charge is 0.334 e. The fraction of sp³-hybridized carbons (Fsp3) is 0.632. The highest BCUT2D eigenvalue weighted by molar-refractivity contribution is 5.96. The Bertz CT molecular complexity index is 790. The zero-order valence-electron chi connectivity index (χ0n) is 14.5. The Kier molecular flexibility index (Phi) is 3.73. The fourth-order valence-corrected chi connectivity index (χ4v) is 4.84. The number of rotatable bonds is 2. The number of piperidine rings is 1. The van der Waals surface area contributed by atoms with E-state index in [1.807, 2.05) is 12.4 Å². The van der Waals surface area contributed by atoms with E-state index in [9.17, 15) is 4.79 Å². The lowest BCUT2D eigenvalue weighted by Gasteiger charge is -2.36. The molecule has 6 heteroatoms. The molecule has 3 aliphatic heterocycles. The summed E-state index contributed by atoms with van der Waals surface area (Å²) in [5, 5.41) is 3.48. The van der Waals surface area contributed by atoms with Crippen molar-refractivity contribution in [3.63, 3.8) is 0 Å². The molecule has 1 amide bonds. The van der Waals surface area contributed by atoms with Crippen LogP contribution in [0.4, 0.5) is 0 Å². The van der Waals surface area contributed by atoms with Gasteiger partial charge in [-0.05, 0) is 44.2 Å². The average Bonchev–Trinajstić information content (AvgIpc) is 3.20. The topological polar surface area (TPSA) is 63.1 Å². The van der Waals surface area contributed by atoms with Crippen molar-refractivity contribution in [2.24, 2.45) is 5.92 Å². The van der Waals surface area contributed by atoms with Crippen LogP contribution >= 0.6 is 0 Å². The number of hydrogen-bond donors (Lipinski definition) is 1. The molecule has 2 bridgehead atoms. The van der Waals surface area contributed by atoms with Gasteiger partial charge in [0.25, 0.3) is 5.91 Å². The number of aromatic nitrogens is 3. The van der Waals surface area contributed by atoms with Gasteiger partial charge in [0.1, 0.15) is 5.52 Å². The summed E-state index contributed by atoms with van der Waals surface area (Å²) in [7, 11) is 0. The molecule has 2 aromatic rings. The zero-order valence-corrected chi connectivity index (χ0v) is 14.5. The Labute approximate surface area is 147 Å². The number of pyridine rings is 1. The van der Waals surface area contributed by atoms with Crippen LogP contribution in [0.2, 0.25) is 0 Å². The maximum absolute atomic E-state index is 13.1. The Hall–Kier alpha value is -1.95. The molecule has 1 aliphatic carbocycles.